The van der Waals surface area contributed by atoms with Gasteiger partial charge < -0.3 is 9.88 Å². The fourth-order valence-corrected chi connectivity index (χ4v) is 2.53. The van der Waals surface area contributed by atoms with Crippen molar-refractivity contribution in [1.82, 2.24) is 24.7 Å². The maximum Gasteiger partial charge on any atom is 0.197 e. The fourth-order valence-electron chi connectivity index (χ4n) is 1.60. The second-order valence-electron chi connectivity index (χ2n) is 4.21. The molecule has 2 heterocycles. The first kappa shape index (κ1) is 13.8. The van der Waals surface area contributed by atoms with Crippen LogP contribution in [-0.2, 0) is 13.5 Å². The first-order valence-electron chi connectivity index (χ1n) is 6.15. The Labute approximate surface area is 117 Å². The van der Waals surface area contributed by atoms with Gasteiger partial charge in [0, 0.05) is 26.1 Å². The number of nitrogens with one attached hydrogen (secondary N) is 1. The number of nitrogens with zero attached hydrogens (tertiary/aromatic N) is 5. The summed E-state index contributed by atoms with van der Waals surface area (Å²) in [6, 6.07) is 0. The Morgan fingerprint density at radius 1 is 1.21 bits per heavy atom. The molecule has 2 aromatic heterocycles. The average molecular weight is 278 g/mol. The van der Waals surface area contributed by atoms with E-state index in [9.17, 15) is 0 Å². The highest BCUT2D eigenvalue weighted by molar-refractivity contribution is 7.99. The molecule has 0 fully saturated rings. The highest BCUT2D eigenvalue weighted by atomic mass is 32.2. The molecule has 6 nitrogen and oxygen atoms in total. The number of anilines is 1. The summed E-state index contributed by atoms with van der Waals surface area (Å²) in [5.41, 5.74) is 1.03. The van der Waals surface area contributed by atoms with E-state index >= 15 is 0 Å². The zero-order valence-electron chi connectivity index (χ0n) is 11.9. The lowest BCUT2D eigenvalue weighted by Gasteiger charge is -2.10. The van der Waals surface area contributed by atoms with Crippen molar-refractivity contribution in [2.75, 3.05) is 12.4 Å². The molecule has 0 bridgehead atoms. The van der Waals surface area contributed by atoms with Crippen LogP contribution in [0.5, 0.6) is 0 Å². The molecule has 2 aromatic rings. The van der Waals surface area contributed by atoms with Crippen molar-refractivity contribution in [2.45, 2.75) is 37.4 Å². The summed E-state index contributed by atoms with van der Waals surface area (Å²) < 4.78 is 1.96. The van der Waals surface area contributed by atoms with Crippen molar-refractivity contribution in [3.05, 3.63) is 17.2 Å². The molecule has 2 rings (SSSR count). The summed E-state index contributed by atoms with van der Waals surface area (Å²) >= 11 is 1.52. The highest BCUT2D eigenvalue weighted by Crippen LogP contribution is 2.30. The minimum Gasteiger partial charge on any atom is -0.373 e. The fraction of sp³-hybridized carbons (Fsp3) is 0.500. The lowest BCUT2D eigenvalue weighted by molar-refractivity contribution is 0.762. The van der Waals surface area contributed by atoms with Crippen molar-refractivity contribution in [3.8, 4) is 0 Å². The van der Waals surface area contributed by atoms with E-state index in [0.29, 0.717) is 0 Å². The Morgan fingerprint density at radius 2 is 1.95 bits per heavy atom. The lowest BCUT2D eigenvalue weighted by Crippen LogP contribution is -2.04. The van der Waals surface area contributed by atoms with Gasteiger partial charge in [0.1, 0.15) is 22.5 Å². The summed E-state index contributed by atoms with van der Waals surface area (Å²) in [7, 11) is 3.82. The molecule has 0 aliphatic carbocycles. The lowest BCUT2D eigenvalue weighted by atomic mass is 10.3. The largest absolute Gasteiger partial charge is 0.373 e. The summed E-state index contributed by atoms with van der Waals surface area (Å²) in [6.07, 6.45) is 0.806. The third-order valence-corrected chi connectivity index (χ3v) is 4.07. The first-order valence-corrected chi connectivity index (χ1v) is 6.97. The molecule has 7 heteroatoms. The quantitative estimate of drug-likeness (QED) is 0.862. The molecule has 0 aromatic carbocycles. The molecule has 0 amide bonds. The van der Waals surface area contributed by atoms with Gasteiger partial charge in [-0.25, -0.2) is 9.97 Å². The van der Waals surface area contributed by atoms with Gasteiger partial charge in [0.2, 0.25) is 0 Å². The van der Waals surface area contributed by atoms with E-state index in [1.165, 1.54) is 11.8 Å². The van der Waals surface area contributed by atoms with Gasteiger partial charge >= 0.3 is 0 Å². The Kier molecular flexibility index (Phi) is 4.04. The number of rotatable bonds is 4. The Morgan fingerprint density at radius 3 is 2.47 bits per heavy atom. The smallest absolute Gasteiger partial charge is 0.197 e. The van der Waals surface area contributed by atoms with Crippen LogP contribution in [0, 0.1) is 13.8 Å². The molecule has 0 radical (unpaired) electrons. The van der Waals surface area contributed by atoms with Crippen LogP contribution in [-0.4, -0.2) is 31.8 Å². The van der Waals surface area contributed by atoms with E-state index in [-0.39, 0.29) is 0 Å². The van der Waals surface area contributed by atoms with Gasteiger partial charge in [0.05, 0.1) is 0 Å². The van der Waals surface area contributed by atoms with Gasteiger partial charge in [0.25, 0.3) is 0 Å². The standard InChI is InChI=1S/C12H18N6S/c1-6-9-14-10(13-4)7(2)11(15-9)19-12-17-16-8(3)18(12)5/h6H2,1-5H3,(H,13,14,15). The monoisotopic (exact) mass is 278 g/mol. The van der Waals surface area contributed by atoms with Crippen LogP contribution in [0.15, 0.2) is 10.2 Å². The average Bonchev–Trinajstić information content (AvgIpc) is 2.73. The number of hydrogen-bond acceptors (Lipinski definition) is 6. The Balaban J connectivity index is 2.41. The van der Waals surface area contributed by atoms with Crippen LogP contribution in [0.25, 0.3) is 0 Å². The van der Waals surface area contributed by atoms with Gasteiger partial charge in [-0.1, -0.05) is 6.92 Å². The highest BCUT2D eigenvalue weighted by Gasteiger charge is 2.14. The Hall–Kier alpha value is -1.63. The van der Waals surface area contributed by atoms with E-state index in [1.807, 2.05) is 39.4 Å². The molecule has 0 saturated heterocycles. The van der Waals surface area contributed by atoms with Crippen molar-refractivity contribution < 1.29 is 0 Å². The summed E-state index contributed by atoms with van der Waals surface area (Å²) in [5.74, 6) is 2.59. The third kappa shape index (κ3) is 2.70. The molecule has 0 unspecified atom stereocenters. The van der Waals surface area contributed by atoms with Crippen molar-refractivity contribution >= 4 is 17.6 Å². The predicted octanol–water partition coefficient (Wildman–Crippen LogP) is 1.98. The van der Waals surface area contributed by atoms with Crippen LogP contribution < -0.4 is 5.32 Å². The van der Waals surface area contributed by atoms with Gasteiger partial charge in [-0.3, -0.25) is 0 Å². The number of aromatic nitrogens is 5. The van der Waals surface area contributed by atoms with Crippen LogP contribution >= 0.6 is 11.8 Å². The van der Waals surface area contributed by atoms with Crippen LogP contribution in [0.1, 0.15) is 24.1 Å². The second-order valence-corrected chi connectivity index (χ2v) is 5.17. The molecule has 0 atom stereocenters. The molecule has 0 spiro atoms. The maximum atomic E-state index is 4.58. The van der Waals surface area contributed by atoms with E-state index < -0.39 is 0 Å². The van der Waals surface area contributed by atoms with E-state index in [2.05, 4.69) is 25.5 Å². The van der Waals surface area contributed by atoms with Crippen LogP contribution in [0.4, 0.5) is 5.82 Å². The molecule has 102 valence electrons. The van der Waals surface area contributed by atoms with Crippen molar-refractivity contribution in [3.63, 3.8) is 0 Å². The third-order valence-electron chi connectivity index (χ3n) is 2.94. The SMILES string of the molecule is CCc1nc(NC)c(C)c(Sc2nnc(C)n2C)n1. The number of aryl methyl sites for hydroxylation is 2. The minimum atomic E-state index is 0.806. The molecular formula is C12H18N6S. The predicted molar refractivity (Wildman–Crippen MR) is 75.6 cm³/mol. The Bertz CT molecular complexity index is 592. The molecule has 0 aliphatic rings. The minimum absolute atomic E-state index is 0.806. The van der Waals surface area contributed by atoms with Crippen LogP contribution in [0.3, 0.4) is 0 Å². The van der Waals surface area contributed by atoms with Gasteiger partial charge in [-0.2, -0.15) is 0 Å². The first-order chi connectivity index (χ1) is 9.06. The molecule has 0 saturated carbocycles. The normalized spacial score (nSPS) is 10.8. The van der Waals surface area contributed by atoms with E-state index in [0.717, 1.165) is 39.6 Å². The van der Waals surface area contributed by atoms with Crippen molar-refractivity contribution in [2.24, 2.45) is 7.05 Å². The summed E-state index contributed by atoms with van der Waals surface area (Å²) in [4.78, 5) is 9.04. The molecule has 1 N–H and O–H groups in total. The zero-order valence-corrected chi connectivity index (χ0v) is 12.7. The van der Waals surface area contributed by atoms with E-state index in [1.54, 1.807) is 0 Å². The summed E-state index contributed by atoms with van der Waals surface area (Å²) in [5, 5.41) is 13.1. The summed E-state index contributed by atoms with van der Waals surface area (Å²) in [6.45, 7) is 5.99. The maximum absolute atomic E-state index is 4.58. The molecular weight excluding hydrogens is 260 g/mol. The molecule has 0 aliphatic heterocycles. The van der Waals surface area contributed by atoms with Crippen molar-refractivity contribution in [1.29, 1.82) is 0 Å². The topological polar surface area (TPSA) is 68.5 Å². The second kappa shape index (κ2) is 5.56. The zero-order chi connectivity index (χ0) is 14.0. The molecule has 19 heavy (non-hydrogen) atoms. The van der Waals surface area contributed by atoms with E-state index in [4.69, 9.17) is 0 Å². The number of hydrogen-bond donors (Lipinski definition) is 1. The van der Waals surface area contributed by atoms with Gasteiger partial charge in [0.15, 0.2) is 5.16 Å². The van der Waals surface area contributed by atoms with Gasteiger partial charge in [-0.05, 0) is 25.6 Å². The van der Waals surface area contributed by atoms with Crippen LogP contribution in [0.2, 0.25) is 0 Å². The van der Waals surface area contributed by atoms with Gasteiger partial charge in [-0.15, -0.1) is 10.2 Å².